The van der Waals surface area contributed by atoms with Gasteiger partial charge < -0.3 is 10.1 Å². The Balaban J connectivity index is 1.30. The Morgan fingerprint density at radius 2 is 2.00 bits per heavy atom. The number of carbonyl (C=O) groups is 1. The number of ether oxygens (including phenoxy) is 1. The zero-order chi connectivity index (χ0) is 25.8. The minimum atomic E-state index is -4.33. The van der Waals surface area contributed by atoms with E-state index in [9.17, 15) is 18.0 Å². The first kappa shape index (κ1) is 24.9. The van der Waals surface area contributed by atoms with Gasteiger partial charge in [-0.1, -0.05) is 18.2 Å². The van der Waals surface area contributed by atoms with Gasteiger partial charge in [0.15, 0.2) is 0 Å². The molecule has 0 saturated carbocycles. The van der Waals surface area contributed by atoms with Crippen molar-refractivity contribution in [1.29, 1.82) is 0 Å². The fraction of sp³-hybridized carbons (Fsp3) is 0.333. The molecule has 5 rings (SSSR count). The van der Waals surface area contributed by atoms with Gasteiger partial charge in [-0.05, 0) is 49.2 Å². The summed E-state index contributed by atoms with van der Waals surface area (Å²) in [7, 11) is 0. The van der Waals surface area contributed by atoms with Crippen molar-refractivity contribution in [3.8, 4) is 28.4 Å². The third-order valence-electron chi connectivity index (χ3n) is 6.30. The van der Waals surface area contributed by atoms with Crippen LogP contribution in [0.3, 0.4) is 0 Å². The molecule has 1 atom stereocenters. The van der Waals surface area contributed by atoms with Crippen LogP contribution in [-0.4, -0.2) is 50.7 Å². The number of pyridine rings is 1. The highest BCUT2D eigenvalue weighted by molar-refractivity contribution is 5.81. The van der Waals surface area contributed by atoms with E-state index < -0.39 is 24.8 Å². The Morgan fingerprint density at radius 1 is 1.11 bits per heavy atom. The molecular weight excluding hydrogens is 483 g/mol. The van der Waals surface area contributed by atoms with E-state index in [4.69, 9.17) is 4.74 Å². The molecule has 10 heteroatoms. The molecule has 1 aliphatic heterocycles. The molecule has 0 bridgehead atoms. The second kappa shape index (κ2) is 10.7. The van der Waals surface area contributed by atoms with Crippen molar-refractivity contribution in [2.75, 3.05) is 13.1 Å². The molecule has 1 N–H and O–H groups in total. The van der Waals surface area contributed by atoms with Crippen molar-refractivity contribution >= 4 is 11.4 Å². The number of nitrogens with zero attached hydrogens (tertiary/aromatic N) is 4. The summed E-state index contributed by atoms with van der Waals surface area (Å²) in [5.41, 5.74) is 4.54. The van der Waals surface area contributed by atoms with Gasteiger partial charge in [0.05, 0.1) is 24.0 Å². The molecule has 0 amide bonds. The maximum atomic E-state index is 12.4. The molecule has 1 aromatic carbocycles. The van der Waals surface area contributed by atoms with E-state index in [1.807, 2.05) is 47.0 Å². The van der Waals surface area contributed by atoms with Crippen molar-refractivity contribution < 1.29 is 22.7 Å². The summed E-state index contributed by atoms with van der Waals surface area (Å²) in [6, 6.07) is 14.7. The molecule has 1 aliphatic rings. The molecule has 1 unspecified atom stereocenters. The smallest absolute Gasteiger partial charge is 0.389 e. The molecule has 3 aromatic heterocycles. The lowest BCUT2D eigenvalue weighted by Gasteiger charge is -2.23. The number of halogens is 3. The molecule has 4 heterocycles. The number of carbonyl (C=O) groups excluding carboxylic acids is 1. The zero-order valence-corrected chi connectivity index (χ0v) is 20.0. The quantitative estimate of drug-likeness (QED) is 0.358. The summed E-state index contributed by atoms with van der Waals surface area (Å²) < 4.78 is 45.1. The minimum Gasteiger partial charge on any atom is -0.472 e. The highest BCUT2D eigenvalue weighted by Crippen LogP contribution is 2.26. The highest BCUT2D eigenvalue weighted by Gasteiger charge is 2.27. The Hall–Kier alpha value is -3.79. The number of nitrogens with one attached hydrogen (secondary N) is 1. The topological polar surface area (TPSA) is 81.4 Å². The Bertz CT molecular complexity index is 1380. The van der Waals surface area contributed by atoms with Gasteiger partial charge >= 0.3 is 6.18 Å². The maximum absolute atomic E-state index is 12.4. The van der Waals surface area contributed by atoms with E-state index in [2.05, 4.69) is 20.5 Å². The molecule has 0 aliphatic carbocycles. The van der Waals surface area contributed by atoms with Crippen molar-refractivity contribution in [2.45, 2.75) is 44.4 Å². The Morgan fingerprint density at radius 3 is 2.76 bits per heavy atom. The van der Waals surface area contributed by atoms with E-state index in [0.29, 0.717) is 22.8 Å². The first-order chi connectivity index (χ1) is 17.8. The Labute approximate surface area is 211 Å². The highest BCUT2D eigenvalue weighted by atomic mass is 19.4. The summed E-state index contributed by atoms with van der Waals surface area (Å²) in [4.78, 5) is 16.5. The van der Waals surface area contributed by atoms with Gasteiger partial charge in [0.1, 0.15) is 17.5 Å². The van der Waals surface area contributed by atoms with Crippen LogP contribution in [0.25, 0.3) is 28.2 Å². The van der Waals surface area contributed by atoms with E-state index >= 15 is 0 Å². The fourth-order valence-corrected chi connectivity index (χ4v) is 4.42. The number of Topliss-reactive ketones (excluding diaryl/α,β-unsaturated/α-hetero) is 1. The molecule has 192 valence electrons. The average molecular weight is 510 g/mol. The van der Waals surface area contributed by atoms with Gasteiger partial charge in [-0.15, -0.1) is 10.2 Å². The second-order valence-corrected chi connectivity index (χ2v) is 9.16. The maximum Gasteiger partial charge on any atom is 0.389 e. The van der Waals surface area contributed by atoms with Gasteiger partial charge in [0.25, 0.3) is 0 Å². The van der Waals surface area contributed by atoms with Gasteiger partial charge in [-0.25, -0.2) is 4.98 Å². The van der Waals surface area contributed by atoms with Gasteiger partial charge in [0, 0.05) is 42.8 Å². The van der Waals surface area contributed by atoms with Crippen molar-refractivity contribution in [3.05, 3.63) is 66.5 Å². The molecule has 1 fully saturated rings. The number of benzene rings is 1. The van der Waals surface area contributed by atoms with Crippen LogP contribution >= 0.6 is 0 Å². The summed E-state index contributed by atoms with van der Waals surface area (Å²) in [5, 5.41) is 11.9. The van der Waals surface area contributed by atoms with Crippen LogP contribution < -0.4 is 10.1 Å². The minimum absolute atomic E-state index is 0.0412. The summed E-state index contributed by atoms with van der Waals surface area (Å²) in [6.45, 7) is 1.82. The second-order valence-electron chi connectivity index (χ2n) is 9.16. The number of imidazole rings is 1. The first-order valence-corrected chi connectivity index (χ1v) is 12.2. The number of aromatic nitrogens is 4. The normalized spacial score (nSPS) is 16.1. The van der Waals surface area contributed by atoms with Crippen LogP contribution in [-0.2, 0) is 11.2 Å². The monoisotopic (exact) mass is 509 g/mol. The van der Waals surface area contributed by atoms with E-state index in [0.717, 1.165) is 42.8 Å². The molecule has 4 aromatic rings. The number of alkyl halides is 3. The van der Waals surface area contributed by atoms with Crippen LogP contribution in [0.1, 0.15) is 31.2 Å². The number of rotatable bonds is 8. The molecule has 0 radical (unpaired) electrons. The number of ketones is 1. The standard InChI is InChI=1S/C27H26F3N5O2/c28-27(29,30)10-8-21(36)14-18-3-1-4-20(13-18)24-17-32-25-15-19(9-12-35(24)25)23-6-7-26(34-33-23)37-22-5-2-11-31-16-22/h1,3-4,6-7,9,12-13,15,17,22,31H,2,5,8,10-11,14,16H2. The van der Waals surface area contributed by atoms with Crippen molar-refractivity contribution in [3.63, 3.8) is 0 Å². The zero-order valence-electron chi connectivity index (χ0n) is 20.0. The summed E-state index contributed by atoms with van der Waals surface area (Å²) in [6.07, 6.45) is -0.205. The molecule has 0 spiro atoms. The van der Waals surface area contributed by atoms with Crippen LogP contribution in [0.15, 0.2) is 60.9 Å². The lowest BCUT2D eigenvalue weighted by Crippen LogP contribution is -2.37. The third kappa shape index (κ3) is 6.32. The van der Waals surface area contributed by atoms with Crippen molar-refractivity contribution in [2.24, 2.45) is 0 Å². The van der Waals surface area contributed by atoms with E-state index in [1.54, 1.807) is 18.3 Å². The molecule has 1 saturated heterocycles. The first-order valence-electron chi connectivity index (χ1n) is 12.2. The average Bonchev–Trinajstić information content (AvgIpc) is 3.32. The number of hydrogen-bond acceptors (Lipinski definition) is 6. The number of fused-ring (bicyclic) bond motifs is 1. The van der Waals surface area contributed by atoms with Gasteiger partial charge in [-0.3, -0.25) is 9.20 Å². The molecule has 37 heavy (non-hydrogen) atoms. The predicted octanol–water partition coefficient (Wildman–Crippen LogP) is 5.04. The van der Waals surface area contributed by atoms with Crippen LogP contribution in [0.5, 0.6) is 5.88 Å². The molecular formula is C27H26F3N5O2. The van der Waals surface area contributed by atoms with Gasteiger partial charge in [0.2, 0.25) is 5.88 Å². The van der Waals surface area contributed by atoms with Crippen LogP contribution in [0.4, 0.5) is 13.2 Å². The SMILES string of the molecule is O=C(CCC(F)(F)F)Cc1cccc(-c2cnc3cc(-c4ccc(OC5CCCNC5)nn4)ccn23)c1. The lowest BCUT2D eigenvalue weighted by molar-refractivity contribution is -0.143. The van der Waals surface area contributed by atoms with Crippen LogP contribution in [0, 0.1) is 0 Å². The van der Waals surface area contributed by atoms with E-state index in [-0.39, 0.29) is 12.5 Å². The van der Waals surface area contributed by atoms with Gasteiger partial charge in [-0.2, -0.15) is 13.2 Å². The van der Waals surface area contributed by atoms with E-state index in [1.165, 1.54) is 0 Å². The lowest BCUT2D eigenvalue weighted by atomic mass is 10.0. The summed E-state index contributed by atoms with van der Waals surface area (Å²) in [5.74, 6) is 0.0589. The third-order valence-corrected chi connectivity index (χ3v) is 6.30. The molecule has 7 nitrogen and oxygen atoms in total. The van der Waals surface area contributed by atoms with Crippen molar-refractivity contribution in [1.82, 2.24) is 24.9 Å². The summed E-state index contributed by atoms with van der Waals surface area (Å²) >= 11 is 0. The Kier molecular flexibility index (Phi) is 7.18. The number of piperidine rings is 1. The van der Waals surface area contributed by atoms with Crippen LogP contribution in [0.2, 0.25) is 0 Å². The fourth-order valence-electron chi connectivity index (χ4n) is 4.42. The largest absolute Gasteiger partial charge is 0.472 e. The number of hydrogen-bond donors (Lipinski definition) is 1. The predicted molar refractivity (Wildman–Crippen MR) is 132 cm³/mol.